The molecule has 2 amide bonds. The lowest BCUT2D eigenvalue weighted by atomic mass is 9.72. The second-order valence-electron chi connectivity index (χ2n) is 9.41. The molecule has 1 aliphatic heterocycles. The van der Waals surface area contributed by atoms with Gasteiger partial charge >= 0.3 is 0 Å². The van der Waals surface area contributed by atoms with Crippen LogP contribution in [0.1, 0.15) is 45.6 Å². The first-order valence-electron chi connectivity index (χ1n) is 11.1. The van der Waals surface area contributed by atoms with Gasteiger partial charge in [-0.2, -0.15) is 0 Å². The molecule has 1 aliphatic carbocycles. The average molecular weight is 425 g/mol. The highest BCUT2D eigenvalue weighted by Crippen LogP contribution is 2.42. The summed E-state index contributed by atoms with van der Waals surface area (Å²) in [5.74, 6) is 1.16. The van der Waals surface area contributed by atoms with Crippen LogP contribution in [-0.2, 0) is 16.0 Å². The third-order valence-electron chi connectivity index (χ3n) is 6.64. The molecular weight excluding hydrogens is 392 g/mol. The van der Waals surface area contributed by atoms with Gasteiger partial charge in [-0.05, 0) is 68.0 Å². The molecular formula is C25H32N2O2S. The molecule has 4 rings (SSSR count). The van der Waals surface area contributed by atoms with Gasteiger partial charge in [0.25, 0.3) is 0 Å². The predicted octanol–water partition coefficient (Wildman–Crippen LogP) is 4.75. The van der Waals surface area contributed by atoms with Crippen molar-refractivity contribution in [3.05, 3.63) is 47.3 Å². The quantitative estimate of drug-likeness (QED) is 0.728. The molecule has 1 saturated heterocycles. The van der Waals surface area contributed by atoms with Crippen LogP contribution in [-0.4, -0.2) is 35.8 Å². The van der Waals surface area contributed by atoms with E-state index in [9.17, 15) is 9.59 Å². The number of hydrogen-bond donors (Lipinski definition) is 1. The first kappa shape index (κ1) is 21.1. The van der Waals surface area contributed by atoms with Crippen LogP contribution in [0.2, 0.25) is 0 Å². The van der Waals surface area contributed by atoms with Crippen molar-refractivity contribution < 1.29 is 9.59 Å². The Morgan fingerprint density at radius 3 is 2.53 bits per heavy atom. The predicted molar refractivity (Wildman–Crippen MR) is 122 cm³/mol. The molecule has 2 aromatic rings. The van der Waals surface area contributed by atoms with Gasteiger partial charge in [-0.15, -0.1) is 11.3 Å². The summed E-state index contributed by atoms with van der Waals surface area (Å²) in [6.07, 6.45) is 3.18. The van der Waals surface area contributed by atoms with Gasteiger partial charge in [0, 0.05) is 29.9 Å². The number of nitrogens with zero attached hydrogens (tertiary/aromatic N) is 1. The van der Waals surface area contributed by atoms with Crippen LogP contribution in [0.5, 0.6) is 0 Å². The first-order valence-corrected chi connectivity index (χ1v) is 12.0. The number of carbonyl (C=O) groups excluding carboxylic acids is 2. The number of piperidine rings is 1. The second-order valence-corrected chi connectivity index (χ2v) is 10.4. The molecule has 5 heteroatoms. The Labute approximate surface area is 183 Å². The summed E-state index contributed by atoms with van der Waals surface area (Å²) >= 11 is 1.73. The fourth-order valence-electron chi connectivity index (χ4n) is 4.62. The standard InChI is InChI=1S/C25H32N2O2S/c1-17(2)26-24(29)25(9-11-27(12-10-25)23(28)21-14-18(21)3)16-19-6-4-7-20(15-19)22-8-5-13-30-22/h4-8,13,15,17-18,21H,9-12,14,16H2,1-3H3,(H,26,29)/t18-,21+/m1/s1. The Hall–Kier alpha value is -2.14. The lowest BCUT2D eigenvalue weighted by molar-refractivity contribution is -0.141. The van der Waals surface area contributed by atoms with Crippen LogP contribution in [0.4, 0.5) is 0 Å². The number of carbonyl (C=O) groups is 2. The minimum atomic E-state index is -0.454. The maximum Gasteiger partial charge on any atom is 0.226 e. The Balaban J connectivity index is 1.53. The number of likely N-dealkylation sites (tertiary alicyclic amines) is 1. The van der Waals surface area contributed by atoms with E-state index < -0.39 is 5.41 Å². The van der Waals surface area contributed by atoms with Gasteiger partial charge in [0.1, 0.15) is 0 Å². The fourth-order valence-corrected chi connectivity index (χ4v) is 5.35. The van der Waals surface area contributed by atoms with Crippen LogP contribution < -0.4 is 5.32 Å². The van der Waals surface area contributed by atoms with Crippen molar-refractivity contribution in [2.75, 3.05) is 13.1 Å². The van der Waals surface area contributed by atoms with E-state index in [-0.39, 0.29) is 17.9 Å². The Morgan fingerprint density at radius 2 is 1.93 bits per heavy atom. The highest BCUT2D eigenvalue weighted by molar-refractivity contribution is 7.13. The van der Waals surface area contributed by atoms with Gasteiger partial charge in [-0.25, -0.2) is 0 Å². The topological polar surface area (TPSA) is 49.4 Å². The molecule has 2 heterocycles. The largest absolute Gasteiger partial charge is 0.353 e. The maximum atomic E-state index is 13.3. The van der Waals surface area contributed by atoms with E-state index in [1.165, 1.54) is 16.0 Å². The number of amides is 2. The van der Waals surface area contributed by atoms with E-state index in [0.717, 1.165) is 19.3 Å². The highest BCUT2D eigenvalue weighted by atomic mass is 32.1. The van der Waals surface area contributed by atoms with E-state index >= 15 is 0 Å². The monoisotopic (exact) mass is 424 g/mol. The molecule has 2 aliphatic rings. The van der Waals surface area contributed by atoms with Crippen LogP contribution in [0.15, 0.2) is 41.8 Å². The van der Waals surface area contributed by atoms with Crippen LogP contribution in [0.25, 0.3) is 10.4 Å². The molecule has 1 aromatic heterocycles. The first-order chi connectivity index (χ1) is 14.4. The summed E-state index contributed by atoms with van der Waals surface area (Å²) in [5.41, 5.74) is 1.94. The van der Waals surface area contributed by atoms with Crippen molar-refractivity contribution in [1.82, 2.24) is 10.2 Å². The van der Waals surface area contributed by atoms with Gasteiger partial charge in [-0.3, -0.25) is 9.59 Å². The van der Waals surface area contributed by atoms with Crippen molar-refractivity contribution in [2.24, 2.45) is 17.3 Å². The molecule has 4 nitrogen and oxygen atoms in total. The number of thiophene rings is 1. The number of hydrogen-bond acceptors (Lipinski definition) is 3. The third-order valence-corrected chi connectivity index (χ3v) is 7.55. The number of rotatable bonds is 6. The summed E-state index contributed by atoms with van der Waals surface area (Å²) < 4.78 is 0. The van der Waals surface area contributed by atoms with Crippen molar-refractivity contribution in [3.8, 4) is 10.4 Å². The fraction of sp³-hybridized carbons (Fsp3) is 0.520. The summed E-state index contributed by atoms with van der Waals surface area (Å²) in [6.45, 7) is 7.52. The van der Waals surface area contributed by atoms with Gasteiger partial charge in [0.2, 0.25) is 11.8 Å². The van der Waals surface area contributed by atoms with Crippen molar-refractivity contribution in [1.29, 1.82) is 0 Å². The molecule has 2 fully saturated rings. The van der Waals surface area contributed by atoms with Gasteiger partial charge in [-0.1, -0.05) is 37.3 Å². The molecule has 0 spiro atoms. The zero-order chi connectivity index (χ0) is 21.3. The molecule has 0 unspecified atom stereocenters. The van der Waals surface area contributed by atoms with Crippen molar-refractivity contribution >= 4 is 23.2 Å². The Kier molecular flexibility index (Phi) is 6.01. The van der Waals surface area contributed by atoms with E-state index in [0.29, 0.717) is 31.3 Å². The molecule has 1 aromatic carbocycles. The summed E-state index contributed by atoms with van der Waals surface area (Å²) in [7, 11) is 0. The van der Waals surface area contributed by atoms with Crippen LogP contribution in [0.3, 0.4) is 0 Å². The minimum Gasteiger partial charge on any atom is -0.353 e. The minimum absolute atomic E-state index is 0.110. The second kappa shape index (κ2) is 8.54. The van der Waals surface area contributed by atoms with Crippen molar-refractivity contribution in [2.45, 2.75) is 52.5 Å². The zero-order valence-electron chi connectivity index (χ0n) is 18.2. The van der Waals surface area contributed by atoms with E-state index in [4.69, 9.17) is 0 Å². The number of benzene rings is 1. The van der Waals surface area contributed by atoms with Crippen molar-refractivity contribution in [3.63, 3.8) is 0 Å². The molecule has 1 saturated carbocycles. The van der Waals surface area contributed by atoms with E-state index in [2.05, 4.69) is 54.0 Å². The Morgan fingerprint density at radius 1 is 1.20 bits per heavy atom. The molecule has 2 atom stereocenters. The lowest BCUT2D eigenvalue weighted by Gasteiger charge is -2.41. The smallest absolute Gasteiger partial charge is 0.226 e. The molecule has 160 valence electrons. The molecule has 30 heavy (non-hydrogen) atoms. The zero-order valence-corrected chi connectivity index (χ0v) is 19.0. The molecule has 0 radical (unpaired) electrons. The van der Waals surface area contributed by atoms with E-state index in [1.807, 2.05) is 18.7 Å². The summed E-state index contributed by atoms with van der Waals surface area (Å²) in [6, 6.07) is 12.9. The summed E-state index contributed by atoms with van der Waals surface area (Å²) in [4.78, 5) is 29.2. The third kappa shape index (κ3) is 4.46. The average Bonchev–Trinajstić information content (AvgIpc) is 3.21. The molecule has 0 bridgehead atoms. The van der Waals surface area contributed by atoms with Gasteiger partial charge < -0.3 is 10.2 Å². The van der Waals surface area contributed by atoms with Gasteiger partial charge in [0.05, 0.1) is 5.41 Å². The van der Waals surface area contributed by atoms with E-state index in [1.54, 1.807) is 11.3 Å². The SMILES string of the molecule is CC(C)NC(=O)C1(Cc2cccc(-c3cccs3)c2)CCN(C(=O)[C@H]2C[C@H]2C)CC1. The molecule has 1 N–H and O–H groups in total. The number of nitrogens with one attached hydrogen (secondary N) is 1. The summed E-state index contributed by atoms with van der Waals surface area (Å²) in [5, 5.41) is 5.25. The van der Waals surface area contributed by atoms with Crippen LogP contribution in [0, 0.1) is 17.3 Å². The normalized spacial score (nSPS) is 22.7. The lowest BCUT2D eigenvalue weighted by Crippen LogP contribution is -2.52. The van der Waals surface area contributed by atoms with Crippen LogP contribution >= 0.6 is 11.3 Å². The maximum absolute atomic E-state index is 13.3. The highest BCUT2D eigenvalue weighted by Gasteiger charge is 2.46. The Bertz CT molecular complexity index is 898. The van der Waals surface area contributed by atoms with Gasteiger partial charge in [0.15, 0.2) is 0 Å².